The van der Waals surface area contributed by atoms with Crippen molar-refractivity contribution >= 4 is 11.6 Å². The fourth-order valence-electron chi connectivity index (χ4n) is 2.92. The maximum atomic E-state index is 12.4. The van der Waals surface area contributed by atoms with Gasteiger partial charge in [0.15, 0.2) is 11.5 Å². The molecule has 0 bridgehead atoms. The minimum atomic E-state index is -0.328. The van der Waals surface area contributed by atoms with E-state index in [9.17, 15) is 4.79 Å². The van der Waals surface area contributed by atoms with Crippen molar-refractivity contribution in [2.45, 2.75) is 13.5 Å². The van der Waals surface area contributed by atoms with E-state index in [1.54, 1.807) is 18.2 Å². The highest BCUT2D eigenvalue weighted by Gasteiger charge is 2.16. The lowest BCUT2D eigenvalue weighted by molar-refractivity contribution is 0.0954. The highest BCUT2D eigenvalue weighted by molar-refractivity contribution is 6.02. The molecule has 6 heteroatoms. The third kappa shape index (κ3) is 4.38. The van der Waals surface area contributed by atoms with Crippen LogP contribution in [0.15, 0.2) is 77.9 Å². The fourth-order valence-corrected chi connectivity index (χ4v) is 2.92. The molecule has 0 saturated heterocycles. The zero-order valence-electron chi connectivity index (χ0n) is 15.9. The van der Waals surface area contributed by atoms with E-state index in [-0.39, 0.29) is 12.7 Å². The molecule has 0 fully saturated rings. The summed E-state index contributed by atoms with van der Waals surface area (Å²) in [4.78, 5) is 12.4. The quantitative estimate of drug-likeness (QED) is 0.509. The molecule has 29 heavy (non-hydrogen) atoms. The maximum Gasteiger partial charge on any atom is 0.271 e. The van der Waals surface area contributed by atoms with E-state index >= 15 is 0 Å². The number of carbonyl (C=O) groups is 1. The van der Waals surface area contributed by atoms with E-state index in [2.05, 4.69) is 10.5 Å². The molecule has 1 aliphatic rings. The van der Waals surface area contributed by atoms with Gasteiger partial charge in [-0.25, -0.2) is 5.43 Å². The van der Waals surface area contributed by atoms with Crippen LogP contribution in [0.4, 0.5) is 0 Å². The number of hydrogen-bond donors (Lipinski definition) is 1. The molecule has 1 N–H and O–H groups in total. The van der Waals surface area contributed by atoms with Crippen LogP contribution >= 0.6 is 0 Å². The predicted molar refractivity (Wildman–Crippen MR) is 109 cm³/mol. The summed E-state index contributed by atoms with van der Waals surface area (Å²) in [5, 5.41) is 4.24. The summed E-state index contributed by atoms with van der Waals surface area (Å²) in [6, 6.07) is 22.6. The number of ether oxygens (including phenoxy) is 3. The summed E-state index contributed by atoms with van der Waals surface area (Å²) in [6.45, 7) is 2.44. The van der Waals surface area contributed by atoms with Crippen molar-refractivity contribution in [3.05, 3.63) is 89.5 Å². The van der Waals surface area contributed by atoms with E-state index in [1.165, 1.54) is 0 Å². The van der Waals surface area contributed by atoms with Crippen LogP contribution in [0.2, 0.25) is 0 Å². The lowest BCUT2D eigenvalue weighted by Crippen LogP contribution is -2.19. The van der Waals surface area contributed by atoms with Gasteiger partial charge in [0, 0.05) is 11.1 Å². The molecule has 1 aliphatic heterocycles. The van der Waals surface area contributed by atoms with Crippen molar-refractivity contribution in [3.63, 3.8) is 0 Å². The van der Waals surface area contributed by atoms with E-state index in [0.29, 0.717) is 35.1 Å². The number of carbonyl (C=O) groups excluding carboxylic acids is 1. The molecule has 0 saturated carbocycles. The fraction of sp³-hybridized carbons (Fsp3) is 0.130. The third-order valence-electron chi connectivity index (χ3n) is 4.47. The molecule has 0 spiro atoms. The molecule has 0 radical (unpaired) electrons. The van der Waals surface area contributed by atoms with Crippen LogP contribution in [-0.4, -0.2) is 18.4 Å². The average Bonchev–Trinajstić information content (AvgIpc) is 3.24. The Bertz CT molecular complexity index is 1050. The summed E-state index contributed by atoms with van der Waals surface area (Å²) in [5.41, 5.74) is 5.56. The molecule has 1 amide bonds. The molecule has 146 valence electrons. The second kappa shape index (κ2) is 8.48. The Hall–Kier alpha value is -3.80. The second-order valence-corrected chi connectivity index (χ2v) is 6.48. The molecule has 1 heterocycles. The number of rotatable bonds is 6. The van der Waals surface area contributed by atoms with Crippen molar-refractivity contribution in [1.82, 2.24) is 5.43 Å². The predicted octanol–water partition coefficient (Wildman–Crippen LogP) is 4.15. The number of amides is 1. The van der Waals surface area contributed by atoms with Gasteiger partial charge in [-0.15, -0.1) is 0 Å². The standard InChI is InChI=1S/C23H20N2O4/c1-16(24-25-23(26)18-11-12-21-22(13-18)29-15-28-21)19-9-5-6-10-20(19)27-14-17-7-3-2-4-8-17/h2-13H,14-15H2,1H3,(H,25,26)/b24-16-. The number of hydrazone groups is 1. The topological polar surface area (TPSA) is 69.2 Å². The van der Waals surface area contributed by atoms with E-state index in [0.717, 1.165) is 11.1 Å². The van der Waals surface area contributed by atoms with Crippen molar-refractivity contribution < 1.29 is 19.0 Å². The highest BCUT2D eigenvalue weighted by atomic mass is 16.7. The minimum absolute atomic E-state index is 0.164. The maximum absolute atomic E-state index is 12.4. The number of hydrogen-bond acceptors (Lipinski definition) is 5. The first kappa shape index (κ1) is 18.6. The number of para-hydroxylation sites is 1. The van der Waals surface area contributed by atoms with Gasteiger partial charge in [0.25, 0.3) is 5.91 Å². The van der Waals surface area contributed by atoms with Crippen LogP contribution in [0.25, 0.3) is 0 Å². The van der Waals surface area contributed by atoms with E-state index in [1.807, 2.05) is 61.5 Å². The van der Waals surface area contributed by atoms with Gasteiger partial charge in [-0.2, -0.15) is 5.10 Å². The first-order valence-corrected chi connectivity index (χ1v) is 9.21. The van der Waals surface area contributed by atoms with Crippen molar-refractivity contribution in [2.24, 2.45) is 5.10 Å². The molecule has 0 aliphatic carbocycles. The van der Waals surface area contributed by atoms with Crippen LogP contribution < -0.4 is 19.6 Å². The Morgan fingerprint density at radius 3 is 2.62 bits per heavy atom. The molecule has 0 atom stereocenters. The molecule has 4 rings (SSSR count). The summed E-state index contributed by atoms with van der Waals surface area (Å²) in [7, 11) is 0. The molecule has 3 aromatic carbocycles. The normalized spacial score (nSPS) is 12.5. The second-order valence-electron chi connectivity index (χ2n) is 6.48. The Balaban J connectivity index is 1.45. The van der Waals surface area contributed by atoms with Gasteiger partial charge in [-0.3, -0.25) is 4.79 Å². The molecular formula is C23H20N2O4. The first-order valence-electron chi connectivity index (χ1n) is 9.21. The summed E-state index contributed by atoms with van der Waals surface area (Å²) in [6.07, 6.45) is 0. The van der Waals surface area contributed by atoms with Gasteiger partial charge >= 0.3 is 0 Å². The van der Waals surface area contributed by atoms with Crippen molar-refractivity contribution in [2.75, 3.05) is 6.79 Å². The zero-order valence-corrected chi connectivity index (χ0v) is 15.9. The Morgan fingerprint density at radius 1 is 1.00 bits per heavy atom. The Labute approximate surface area is 168 Å². The summed E-state index contributed by atoms with van der Waals surface area (Å²) >= 11 is 0. The van der Waals surface area contributed by atoms with Gasteiger partial charge in [0.1, 0.15) is 12.4 Å². The SMILES string of the molecule is C/C(=N/NC(=O)c1ccc2c(c1)OCO2)c1ccccc1OCc1ccccc1. The van der Waals surface area contributed by atoms with Gasteiger partial charge in [-0.05, 0) is 42.8 Å². The van der Waals surface area contributed by atoms with Gasteiger partial charge in [0.05, 0.1) is 5.71 Å². The Kier molecular flexibility index (Phi) is 5.42. The van der Waals surface area contributed by atoms with Crippen LogP contribution in [0.5, 0.6) is 17.2 Å². The smallest absolute Gasteiger partial charge is 0.271 e. The van der Waals surface area contributed by atoms with E-state index < -0.39 is 0 Å². The first-order chi connectivity index (χ1) is 14.2. The molecule has 0 unspecified atom stereocenters. The minimum Gasteiger partial charge on any atom is -0.488 e. The number of benzene rings is 3. The highest BCUT2D eigenvalue weighted by Crippen LogP contribution is 2.32. The third-order valence-corrected chi connectivity index (χ3v) is 4.47. The lowest BCUT2D eigenvalue weighted by atomic mass is 10.1. The van der Waals surface area contributed by atoms with Gasteiger partial charge in [-0.1, -0.05) is 42.5 Å². The number of nitrogens with one attached hydrogen (secondary N) is 1. The van der Waals surface area contributed by atoms with Gasteiger partial charge in [0.2, 0.25) is 6.79 Å². The van der Waals surface area contributed by atoms with E-state index in [4.69, 9.17) is 14.2 Å². The van der Waals surface area contributed by atoms with Crippen molar-refractivity contribution in [1.29, 1.82) is 0 Å². The lowest BCUT2D eigenvalue weighted by Gasteiger charge is -2.11. The van der Waals surface area contributed by atoms with Crippen molar-refractivity contribution in [3.8, 4) is 17.2 Å². The summed E-state index contributed by atoms with van der Waals surface area (Å²) in [5.74, 6) is 1.56. The zero-order chi connectivity index (χ0) is 20.1. The number of fused-ring (bicyclic) bond motifs is 1. The van der Waals surface area contributed by atoms with Gasteiger partial charge < -0.3 is 14.2 Å². The van der Waals surface area contributed by atoms with Crippen LogP contribution in [0.3, 0.4) is 0 Å². The molecular weight excluding hydrogens is 368 g/mol. The van der Waals surface area contributed by atoms with Crippen LogP contribution in [-0.2, 0) is 6.61 Å². The average molecular weight is 388 g/mol. The largest absolute Gasteiger partial charge is 0.488 e. The van der Waals surface area contributed by atoms with Crippen LogP contribution in [0.1, 0.15) is 28.4 Å². The molecule has 3 aromatic rings. The molecule has 6 nitrogen and oxygen atoms in total. The monoisotopic (exact) mass is 388 g/mol. The number of nitrogens with zero attached hydrogens (tertiary/aromatic N) is 1. The Morgan fingerprint density at radius 2 is 1.76 bits per heavy atom. The molecule has 0 aromatic heterocycles. The van der Waals surface area contributed by atoms with Crippen LogP contribution in [0, 0.1) is 0 Å². The summed E-state index contributed by atoms with van der Waals surface area (Å²) < 4.78 is 16.5.